The second kappa shape index (κ2) is 9.43. The zero-order valence-electron chi connectivity index (χ0n) is 16.1. The summed E-state index contributed by atoms with van der Waals surface area (Å²) in [4.78, 5) is 35.4. The van der Waals surface area contributed by atoms with E-state index in [0.717, 1.165) is 24.3 Å². The molecule has 3 N–H and O–H groups in total. The fourth-order valence-corrected chi connectivity index (χ4v) is 1.98. The molecular formula is C18H24F3N3O4. The van der Waals surface area contributed by atoms with Gasteiger partial charge in [-0.2, -0.15) is 13.2 Å². The molecular weight excluding hydrogens is 379 g/mol. The molecule has 0 heterocycles. The molecule has 0 radical (unpaired) electrons. The summed E-state index contributed by atoms with van der Waals surface area (Å²) in [6, 6.07) is 2.94. The molecule has 1 rings (SSSR count). The van der Waals surface area contributed by atoms with Gasteiger partial charge in [0.05, 0.1) is 5.56 Å². The molecule has 0 aromatic heterocycles. The lowest BCUT2D eigenvalue weighted by Crippen LogP contribution is -2.47. The largest absolute Gasteiger partial charge is 0.444 e. The van der Waals surface area contributed by atoms with E-state index in [-0.39, 0.29) is 18.7 Å². The van der Waals surface area contributed by atoms with Gasteiger partial charge in [0.2, 0.25) is 5.91 Å². The Hall–Kier alpha value is -2.78. The second-order valence-electron chi connectivity index (χ2n) is 6.99. The monoisotopic (exact) mass is 403 g/mol. The van der Waals surface area contributed by atoms with Gasteiger partial charge in [0, 0.05) is 18.7 Å². The Morgan fingerprint density at radius 2 is 1.54 bits per heavy atom. The van der Waals surface area contributed by atoms with E-state index in [1.807, 2.05) is 0 Å². The highest BCUT2D eigenvalue weighted by Crippen LogP contribution is 2.29. The van der Waals surface area contributed by atoms with Crippen molar-refractivity contribution in [3.05, 3.63) is 35.4 Å². The molecule has 7 nitrogen and oxygen atoms in total. The van der Waals surface area contributed by atoms with Crippen molar-refractivity contribution in [3.63, 3.8) is 0 Å². The van der Waals surface area contributed by atoms with E-state index in [9.17, 15) is 27.6 Å². The fourth-order valence-electron chi connectivity index (χ4n) is 1.98. The van der Waals surface area contributed by atoms with Crippen LogP contribution in [-0.2, 0) is 15.7 Å². The lowest BCUT2D eigenvalue weighted by Gasteiger charge is -2.21. The number of rotatable bonds is 6. The van der Waals surface area contributed by atoms with E-state index >= 15 is 0 Å². The summed E-state index contributed by atoms with van der Waals surface area (Å²) in [6.45, 7) is 6.68. The second-order valence-corrected chi connectivity index (χ2v) is 6.99. The van der Waals surface area contributed by atoms with E-state index in [1.165, 1.54) is 6.92 Å². The molecule has 0 aliphatic rings. The molecule has 1 aromatic carbocycles. The normalized spacial score (nSPS) is 12.7. The van der Waals surface area contributed by atoms with Crippen molar-refractivity contribution in [2.75, 3.05) is 13.1 Å². The van der Waals surface area contributed by atoms with Crippen molar-refractivity contribution in [3.8, 4) is 0 Å². The van der Waals surface area contributed by atoms with Crippen LogP contribution in [0, 0.1) is 0 Å². The van der Waals surface area contributed by atoms with Crippen LogP contribution < -0.4 is 16.0 Å². The van der Waals surface area contributed by atoms with E-state index in [4.69, 9.17) is 4.74 Å². The quantitative estimate of drug-likeness (QED) is 0.636. The molecule has 0 spiro atoms. The number of nitrogens with one attached hydrogen (secondary N) is 3. The minimum Gasteiger partial charge on any atom is -0.444 e. The van der Waals surface area contributed by atoms with Gasteiger partial charge < -0.3 is 20.7 Å². The molecule has 156 valence electrons. The summed E-state index contributed by atoms with van der Waals surface area (Å²) in [5.41, 5.74) is -1.47. The van der Waals surface area contributed by atoms with Gasteiger partial charge in [-0.05, 0) is 52.0 Å². The van der Waals surface area contributed by atoms with Crippen LogP contribution in [-0.4, -0.2) is 42.6 Å². The average molecular weight is 403 g/mol. The van der Waals surface area contributed by atoms with Crippen molar-refractivity contribution in [1.29, 1.82) is 0 Å². The maximum atomic E-state index is 12.5. The van der Waals surface area contributed by atoms with Gasteiger partial charge in [0.15, 0.2) is 0 Å². The van der Waals surface area contributed by atoms with Gasteiger partial charge >= 0.3 is 12.3 Å². The standard InChI is InChI=1S/C18H24F3N3O4/c1-11(24-16(27)28-17(2,3)4)14(25)22-9-10-23-15(26)12-5-7-13(8-6-12)18(19,20)21/h5-8,11H,9-10H2,1-4H3,(H,22,25)(H,23,26)(H,24,27)/t11-/m1/s1. The minimum absolute atomic E-state index is 0.0603. The zero-order chi connectivity index (χ0) is 21.5. The Morgan fingerprint density at radius 1 is 1.00 bits per heavy atom. The lowest BCUT2D eigenvalue weighted by molar-refractivity contribution is -0.137. The van der Waals surface area contributed by atoms with Gasteiger partial charge in [-0.25, -0.2) is 4.79 Å². The van der Waals surface area contributed by atoms with Crippen molar-refractivity contribution >= 4 is 17.9 Å². The number of alkyl carbamates (subject to hydrolysis) is 1. The van der Waals surface area contributed by atoms with Crippen molar-refractivity contribution < 1.29 is 32.3 Å². The first kappa shape index (κ1) is 23.3. The van der Waals surface area contributed by atoms with Gasteiger partial charge in [-0.1, -0.05) is 0 Å². The van der Waals surface area contributed by atoms with Crippen LogP contribution in [0.5, 0.6) is 0 Å². The summed E-state index contributed by atoms with van der Waals surface area (Å²) >= 11 is 0. The first-order valence-electron chi connectivity index (χ1n) is 8.52. The molecule has 28 heavy (non-hydrogen) atoms. The summed E-state index contributed by atoms with van der Waals surface area (Å²) in [5, 5.41) is 7.37. The fraction of sp³-hybridized carbons (Fsp3) is 0.500. The third-order valence-corrected chi connectivity index (χ3v) is 3.31. The number of carbonyl (C=O) groups is 3. The van der Waals surface area contributed by atoms with Crippen LogP contribution >= 0.6 is 0 Å². The van der Waals surface area contributed by atoms with Crippen LogP contribution in [0.15, 0.2) is 24.3 Å². The first-order valence-corrected chi connectivity index (χ1v) is 8.52. The minimum atomic E-state index is -4.47. The zero-order valence-corrected chi connectivity index (χ0v) is 16.1. The van der Waals surface area contributed by atoms with Crippen LogP contribution in [0.2, 0.25) is 0 Å². The van der Waals surface area contributed by atoms with Gasteiger partial charge in [0.1, 0.15) is 11.6 Å². The smallest absolute Gasteiger partial charge is 0.416 e. The molecule has 0 bridgehead atoms. The Bertz CT molecular complexity index is 698. The number of ether oxygens (including phenoxy) is 1. The molecule has 0 aliphatic heterocycles. The third kappa shape index (κ3) is 8.28. The van der Waals surface area contributed by atoms with E-state index in [2.05, 4.69) is 16.0 Å². The summed E-state index contributed by atoms with van der Waals surface area (Å²) in [7, 11) is 0. The Kier molecular flexibility index (Phi) is 7.83. The Balaban J connectivity index is 2.36. The van der Waals surface area contributed by atoms with E-state index in [0.29, 0.717) is 0 Å². The first-order chi connectivity index (χ1) is 12.8. The predicted octanol–water partition coefficient (Wildman–Crippen LogP) is 2.46. The van der Waals surface area contributed by atoms with Crippen molar-refractivity contribution in [1.82, 2.24) is 16.0 Å². The topological polar surface area (TPSA) is 96.5 Å². The number of carbonyl (C=O) groups excluding carboxylic acids is 3. The van der Waals surface area contributed by atoms with Gasteiger partial charge in [0.25, 0.3) is 5.91 Å². The van der Waals surface area contributed by atoms with Crippen molar-refractivity contribution in [2.45, 2.75) is 45.5 Å². The number of halogens is 3. The summed E-state index contributed by atoms with van der Waals surface area (Å²) in [6.07, 6.45) is -5.20. The molecule has 0 saturated heterocycles. The molecule has 0 unspecified atom stereocenters. The Morgan fingerprint density at radius 3 is 2.04 bits per heavy atom. The number of hydrogen-bond acceptors (Lipinski definition) is 4. The third-order valence-electron chi connectivity index (χ3n) is 3.31. The highest BCUT2D eigenvalue weighted by molar-refractivity contribution is 5.94. The molecule has 1 aromatic rings. The summed E-state index contributed by atoms with van der Waals surface area (Å²) in [5.74, 6) is -1.04. The molecule has 0 saturated carbocycles. The Labute approximate surface area is 161 Å². The number of benzene rings is 1. The van der Waals surface area contributed by atoms with Gasteiger partial charge in [-0.3, -0.25) is 9.59 Å². The average Bonchev–Trinajstić information content (AvgIpc) is 2.55. The highest BCUT2D eigenvalue weighted by atomic mass is 19.4. The highest BCUT2D eigenvalue weighted by Gasteiger charge is 2.30. The van der Waals surface area contributed by atoms with Gasteiger partial charge in [-0.15, -0.1) is 0 Å². The number of hydrogen-bond donors (Lipinski definition) is 3. The predicted molar refractivity (Wildman–Crippen MR) is 95.6 cm³/mol. The number of amides is 3. The van der Waals surface area contributed by atoms with Crippen LogP contribution in [0.1, 0.15) is 43.6 Å². The SMILES string of the molecule is C[C@@H](NC(=O)OC(C)(C)C)C(=O)NCCNC(=O)c1ccc(C(F)(F)F)cc1. The molecule has 1 atom stereocenters. The van der Waals surface area contributed by atoms with Crippen molar-refractivity contribution in [2.24, 2.45) is 0 Å². The summed E-state index contributed by atoms with van der Waals surface area (Å²) < 4.78 is 42.5. The van der Waals surface area contributed by atoms with Crippen LogP contribution in [0.4, 0.5) is 18.0 Å². The van der Waals surface area contributed by atoms with Crippen LogP contribution in [0.3, 0.4) is 0 Å². The molecule has 0 fully saturated rings. The number of alkyl halides is 3. The maximum absolute atomic E-state index is 12.5. The van der Waals surface area contributed by atoms with E-state index in [1.54, 1.807) is 20.8 Å². The lowest BCUT2D eigenvalue weighted by atomic mass is 10.1. The maximum Gasteiger partial charge on any atom is 0.416 e. The molecule has 0 aliphatic carbocycles. The molecule has 3 amide bonds. The van der Waals surface area contributed by atoms with E-state index < -0.39 is 41.3 Å². The molecule has 10 heteroatoms. The van der Waals surface area contributed by atoms with Crippen LogP contribution in [0.25, 0.3) is 0 Å².